The predicted molar refractivity (Wildman–Crippen MR) is 123 cm³/mol. The number of carboxylic acids is 1. The van der Waals surface area contributed by atoms with Gasteiger partial charge in [0.25, 0.3) is 5.22 Å². The highest BCUT2D eigenvalue weighted by atomic mass is 35.5. The van der Waals surface area contributed by atoms with Crippen LogP contribution < -0.4 is 4.74 Å². The van der Waals surface area contributed by atoms with E-state index in [-0.39, 0.29) is 28.4 Å². The van der Waals surface area contributed by atoms with Crippen LogP contribution in [0.3, 0.4) is 0 Å². The summed E-state index contributed by atoms with van der Waals surface area (Å²) in [6.45, 7) is 0.00118. The van der Waals surface area contributed by atoms with Gasteiger partial charge in [-0.05, 0) is 54.2 Å². The lowest BCUT2D eigenvalue weighted by Crippen LogP contribution is -2.01. The van der Waals surface area contributed by atoms with Crippen molar-refractivity contribution in [1.82, 2.24) is 10.2 Å². The lowest BCUT2D eigenvalue weighted by molar-refractivity contribution is -0.131. The van der Waals surface area contributed by atoms with Crippen molar-refractivity contribution in [3.63, 3.8) is 0 Å². The lowest BCUT2D eigenvalue weighted by Gasteiger charge is -2.10. The zero-order valence-corrected chi connectivity index (χ0v) is 18.5. The molecule has 0 saturated carbocycles. The Bertz CT molecular complexity index is 1310. The molecule has 0 fully saturated rings. The summed E-state index contributed by atoms with van der Waals surface area (Å²) in [6.07, 6.45) is 1.44. The number of benzene rings is 3. The maximum atomic E-state index is 13.9. The molecule has 0 atom stereocenters. The van der Waals surface area contributed by atoms with Crippen LogP contribution in [0.4, 0.5) is 4.39 Å². The van der Waals surface area contributed by atoms with Gasteiger partial charge in [-0.1, -0.05) is 48.0 Å². The lowest BCUT2D eigenvalue weighted by atomic mass is 10.2. The van der Waals surface area contributed by atoms with Gasteiger partial charge < -0.3 is 14.3 Å². The monoisotopic (exact) mass is 482 g/mol. The number of hydrogen-bond acceptors (Lipinski definition) is 6. The van der Waals surface area contributed by atoms with E-state index in [9.17, 15) is 14.3 Å². The predicted octanol–water partition coefficient (Wildman–Crippen LogP) is 6.33. The second-order valence-electron chi connectivity index (χ2n) is 6.71. The van der Waals surface area contributed by atoms with Gasteiger partial charge in [-0.2, -0.15) is 0 Å². The minimum Gasteiger partial charge on any atom is -0.488 e. The van der Waals surface area contributed by atoms with Gasteiger partial charge >= 0.3 is 5.97 Å². The molecular weight excluding hydrogens is 467 g/mol. The van der Waals surface area contributed by atoms with Gasteiger partial charge in [-0.15, -0.1) is 10.2 Å². The number of nitrogens with zero attached hydrogens (tertiary/aromatic N) is 2. The molecule has 1 aromatic heterocycles. The number of carbonyl (C=O) groups is 1. The summed E-state index contributed by atoms with van der Waals surface area (Å²) in [4.78, 5) is 11.8. The molecule has 0 aliphatic rings. The van der Waals surface area contributed by atoms with E-state index < -0.39 is 5.97 Å². The summed E-state index contributed by atoms with van der Waals surface area (Å²) >= 11 is 6.71. The van der Waals surface area contributed by atoms with Gasteiger partial charge in [0, 0.05) is 21.7 Å². The van der Waals surface area contributed by atoms with Crippen LogP contribution in [-0.2, 0) is 11.4 Å². The fourth-order valence-corrected chi connectivity index (χ4v) is 3.62. The highest BCUT2D eigenvalue weighted by Crippen LogP contribution is 2.32. The molecule has 0 aliphatic heterocycles. The average molecular weight is 483 g/mol. The van der Waals surface area contributed by atoms with Crippen molar-refractivity contribution in [1.29, 1.82) is 0 Å². The summed E-state index contributed by atoms with van der Waals surface area (Å²) in [5.41, 5.74) is 1.56. The number of carboxylic acid groups (broad SMARTS) is 1. The molecule has 0 aliphatic carbocycles. The Morgan fingerprint density at radius 1 is 1.06 bits per heavy atom. The molecule has 4 aromatic rings. The van der Waals surface area contributed by atoms with E-state index in [1.807, 2.05) is 0 Å². The minimum absolute atomic E-state index is 0.00118. The number of halogens is 2. The quantitative estimate of drug-likeness (QED) is 0.232. The number of ether oxygens (including phenoxy) is 1. The second-order valence-corrected chi connectivity index (χ2v) is 8.14. The van der Waals surface area contributed by atoms with Gasteiger partial charge in [0.1, 0.15) is 23.1 Å². The highest BCUT2D eigenvalue weighted by Gasteiger charge is 2.17. The Labute approximate surface area is 197 Å². The molecule has 4 rings (SSSR count). The summed E-state index contributed by atoms with van der Waals surface area (Å²) in [5.74, 6) is -0.893. The van der Waals surface area contributed by atoms with Crippen molar-refractivity contribution in [2.75, 3.05) is 0 Å². The standard InChI is InChI=1S/C24H16ClFN2O4S/c25-18-11-9-15(10-12-18)22-27-28-24(32-22)33-21(23(29)30)13-16-5-2-4-8-20(16)31-14-17-6-1-3-7-19(17)26/h1-13H,14H2,(H,29,30)/b21-13-. The van der Waals surface area contributed by atoms with Crippen molar-refractivity contribution < 1.29 is 23.4 Å². The Morgan fingerprint density at radius 2 is 1.79 bits per heavy atom. The molecule has 0 radical (unpaired) electrons. The molecular formula is C24H16ClFN2O4S. The normalized spacial score (nSPS) is 11.4. The molecule has 6 nitrogen and oxygen atoms in total. The zero-order chi connectivity index (χ0) is 23.2. The smallest absolute Gasteiger partial charge is 0.342 e. The van der Waals surface area contributed by atoms with Gasteiger partial charge in [-0.3, -0.25) is 0 Å². The SMILES string of the molecule is O=C(O)/C(=C/c1ccccc1OCc1ccccc1F)Sc1nnc(-c2ccc(Cl)cc2)o1. The van der Waals surface area contributed by atoms with Gasteiger partial charge in [0.2, 0.25) is 5.89 Å². The summed E-state index contributed by atoms with van der Waals surface area (Å²) in [5, 5.41) is 18.2. The first kappa shape index (κ1) is 22.6. The third-order valence-electron chi connectivity index (χ3n) is 4.45. The van der Waals surface area contributed by atoms with Crippen LogP contribution in [0.5, 0.6) is 5.75 Å². The first-order valence-electron chi connectivity index (χ1n) is 9.67. The molecule has 3 aromatic carbocycles. The van der Waals surface area contributed by atoms with Crippen LogP contribution >= 0.6 is 23.4 Å². The topological polar surface area (TPSA) is 85.5 Å². The fraction of sp³-hybridized carbons (Fsp3) is 0.0417. The molecule has 1 heterocycles. The van der Waals surface area contributed by atoms with Crippen molar-refractivity contribution in [3.05, 3.63) is 99.7 Å². The van der Waals surface area contributed by atoms with Gasteiger partial charge in [0.15, 0.2) is 0 Å². The number of hydrogen-bond donors (Lipinski definition) is 1. The van der Waals surface area contributed by atoms with Crippen molar-refractivity contribution >= 4 is 35.4 Å². The van der Waals surface area contributed by atoms with Crippen molar-refractivity contribution in [2.24, 2.45) is 0 Å². The largest absolute Gasteiger partial charge is 0.488 e. The van der Waals surface area contributed by atoms with Crippen molar-refractivity contribution in [3.8, 4) is 17.2 Å². The summed E-state index contributed by atoms with van der Waals surface area (Å²) < 4.78 is 25.2. The molecule has 1 N–H and O–H groups in total. The number of aromatic nitrogens is 2. The molecule has 0 amide bonds. The third kappa shape index (κ3) is 5.79. The van der Waals surface area contributed by atoms with E-state index >= 15 is 0 Å². The average Bonchev–Trinajstić information content (AvgIpc) is 3.28. The van der Waals surface area contributed by atoms with Crippen LogP contribution in [0, 0.1) is 5.82 Å². The molecule has 0 bridgehead atoms. The Hall–Kier alpha value is -3.62. The third-order valence-corrected chi connectivity index (χ3v) is 5.56. The zero-order valence-electron chi connectivity index (χ0n) is 16.9. The molecule has 166 valence electrons. The van der Waals surface area contributed by atoms with Crippen molar-refractivity contribution in [2.45, 2.75) is 11.8 Å². The minimum atomic E-state index is -1.17. The van der Waals surface area contributed by atoms with E-state index in [0.29, 0.717) is 27.5 Å². The summed E-state index contributed by atoms with van der Waals surface area (Å²) in [7, 11) is 0. The van der Waals surface area contributed by atoms with Crippen LogP contribution in [0.2, 0.25) is 5.02 Å². The maximum absolute atomic E-state index is 13.9. The number of para-hydroxylation sites is 1. The van der Waals surface area contributed by atoms with Gasteiger partial charge in [-0.25, -0.2) is 9.18 Å². The van der Waals surface area contributed by atoms with E-state index in [0.717, 1.165) is 11.8 Å². The number of rotatable bonds is 8. The number of aliphatic carboxylic acids is 1. The van der Waals surface area contributed by atoms with Crippen LogP contribution in [0.1, 0.15) is 11.1 Å². The molecule has 9 heteroatoms. The maximum Gasteiger partial charge on any atom is 0.342 e. The highest BCUT2D eigenvalue weighted by molar-refractivity contribution is 8.03. The van der Waals surface area contributed by atoms with E-state index in [2.05, 4.69) is 10.2 Å². The van der Waals surface area contributed by atoms with E-state index in [4.69, 9.17) is 20.8 Å². The van der Waals surface area contributed by atoms with E-state index in [1.54, 1.807) is 66.7 Å². The molecule has 0 spiro atoms. The second kappa shape index (κ2) is 10.3. The van der Waals surface area contributed by atoms with Crippen LogP contribution in [0.15, 0.2) is 87.3 Å². The Balaban J connectivity index is 1.55. The first-order valence-corrected chi connectivity index (χ1v) is 10.9. The van der Waals surface area contributed by atoms with Crippen LogP contribution in [0.25, 0.3) is 17.5 Å². The Morgan fingerprint density at radius 3 is 2.55 bits per heavy atom. The molecule has 33 heavy (non-hydrogen) atoms. The molecule has 0 unspecified atom stereocenters. The van der Waals surface area contributed by atoms with E-state index in [1.165, 1.54) is 12.1 Å². The Kier molecular flexibility index (Phi) is 7.07. The summed E-state index contributed by atoms with van der Waals surface area (Å²) in [6, 6.07) is 20.0. The number of thioether (sulfide) groups is 1. The van der Waals surface area contributed by atoms with Gasteiger partial charge in [0.05, 0.1) is 0 Å². The van der Waals surface area contributed by atoms with Crippen LogP contribution in [-0.4, -0.2) is 21.3 Å². The molecule has 0 saturated heterocycles. The first-order chi connectivity index (χ1) is 16.0. The fourth-order valence-electron chi connectivity index (χ4n) is 2.83.